The van der Waals surface area contributed by atoms with Gasteiger partial charge in [-0.2, -0.15) is 0 Å². The van der Waals surface area contributed by atoms with E-state index in [1.54, 1.807) is 0 Å². The van der Waals surface area contributed by atoms with Crippen LogP contribution in [0, 0.1) is 0 Å². The molecule has 74 valence electrons. The third kappa shape index (κ3) is 8.78. The van der Waals surface area contributed by atoms with E-state index < -0.39 is 36.4 Å². The minimum Gasteiger partial charge on any atom is -0.481 e. The summed E-state index contributed by atoms with van der Waals surface area (Å²) in [6, 6.07) is 0. The average Bonchev–Trinajstić information content (AvgIpc) is 1.82. The van der Waals surface area contributed by atoms with Crippen LogP contribution < -0.4 is 80.9 Å². The standard InChI is InChI=1S/C6H8O7.K.Na/c7-3(8)1-6(13,5(11)12)2-4(9)10;;/h13H,1-2H2,(H,7,8)(H,9,10)(H,11,12);;/q;2*+1. The summed E-state index contributed by atoms with van der Waals surface area (Å²) in [6.45, 7) is 0. The molecule has 0 saturated heterocycles. The van der Waals surface area contributed by atoms with Gasteiger partial charge < -0.3 is 20.4 Å². The molecule has 0 amide bonds. The molecule has 0 aliphatic heterocycles. The Bertz CT molecular complexity index is 238. The first-order valence-electron chi connectivity index (χ1n) is 3.17. The fourth-order valence-corrected chi connectivity index (χ4v) is 0.714. The number of carboxylic acids is 3. The summed E-state index contributed by atoms with van der Waals surface area (Å²) in [6.07, 6.45) is -2.29. The normalized spacial score (nSPS) is 9.40. The topological polar surface area (TPSA) is 132 Å². The quantitative estimate of drug-likeness (QED) is 0.358. The van der Waals surface area contributed by atoms with Gasteiger partial charge in [0.2, 0.25) is 0 Å². The van der Waals surface area contributed by atoms with E-state index in [-0.39, 0.29) is 80.9 Å². The van der Waals surface area contributed by atoms with Crippen LogP contribution in [-0.2, 0) is 14.4 Å². The molecular weight excluding hydrogens is 246 g/mol. The van der Waals surface area contributed by atoms with Gasteiger partial charge in [-0.25, -0.2) is 4.79 Å². The van der Waals surface area contributed by atoms with Crippen molar-refractivity contribution >= 4 is 17.9 Å². The molecule has 0 aliphatic rings. The average molecular weight is 254 g/mol. The molecule has 4 N–H and O–H groups in total. The maximum Gasteiger partial charge on any atom is 1.00 e. The van der Waals surface area contributed by atoms with Gasteiger partial charge in [0, 0.05) is 0 Å². The van der Waals surface area contributed by atoms with Crippen LogP contribution in [0.4, 0.5) is 0 Å². The van der Waals surface area contributed by atoms with Crippen LogP contribution in [0.25, 0.3) is 0 Å². The molecule has 0 aromatic carbocycles. The molecule has 0 radical (unpaired) electrons. The number of carbonyl (C=O) groups is 3. The van der Waals surface area contributed by atoms with Gasteiger partial charge in [0.05, 0.1) is 12.8 Å². The van der Waals surface area contributed by atoms with Gasteiger partial charge in [0.1, 0.15) is 0 Å². The molecule has 15 heavy (non-hydrogen) atoms. The van der Waals surface area contributed by atoms with Gasteiger partial charge in [0.15, 0.2) is 5.60 Å². The number of hydrogen-bond acceptors (Lipinski definition) is 4. The van der Waals surface area contributed by atoms with Crippen LogP contribution >= 0.6 is 0 Å². The van der Waals surface area contributed by atoms with Crippen molar-refractivity contribution in [1.82, 2.24) is 0 Å². The van der Waals surface area contributed by atoms with E-state index in [9.17, 15) is 14.4 Å². The second kappa shape index (κ2) is 9.08. The maximum atomic E-state index is 10.3. The molecular formula is C6H8KNaO7+2. The van der Waals surface area contributed by atoms with Crippen LogP contribution in [0.5, 0.6) is 0 Å². The molecule has 0 rings (SSSR count). The number of rotatable bonds is 5. The van der Waals surface area contributed by atoms with Crippen molar-refractivity contribution in [2.75, 3.05) is 0 Å². The van der Waals surface area contributed by atoms with Gasteiger partial charge in [0.25, 0.3) is 0 Å². The Morgan fingerprint density at radius 3 is 1.33 bits per heavy atom. The smallest absolute Gasteiger partial charge is 0.481 e. The Morgan fingerprint density at radius 1 is 0.933 bits per heavy atom. The van der Waals surface area contributed by atoms with E-state index in [2.05, 4.69) is 0 Å². The molecule has 0 bridgehead atoms. The maximum absolute atomic E-state index is 10.3. The van der Waals surface area contributed by atoms with Crippen LogP contribution in [0.3, 0.4) is 0 Å². The first-order valence-corrected chi connectivity index (χ1v) is 3.17. The third-order valence-corrected chi connectivity index (χ3v) is 1.29. The second-order valence-electron chi connectivity index (χ2n) is 2.48. The largest absolute Gasteiger partial charge is 1.00 e. The summed E-state index contributed by atoms with van der Waals surface area (Å²) in [7, 11) is 0. The monoisotopic (exact) mass is 254 g/mol. The first-order chi connectivity index (χ1) is 5.78. The molecule has 0 atom stereocenters. The number of hydrogen-bond donors (Lipinski definition) is 4. The number of aliphatic carboxylic acids is 3. The molecule has 0 spiro atoms. The Balaban J connectivity index is -0.000000720. The van der Waals surface area contributed by atoms with E-state index >= 15 is 0 Å². The van der Waals surface area contributed by atoms with Crippen molar-refractivity contribution in [3.63, 3.8) is 0 Å². The van der Waals surface area contributed by atoms with Crippen molar-refractivity contribution < 1.29 is 116 Å². The first kappa shape index (κ1) is 21.3. The van der Waals surface area contributed by atoms with E-state index in [1.807, 2.05) is 0 Å². The van der Waals surface area contributed by atoms with Crippen molar-refractivity contribution in [3.8, 4) is 0 Å². The van der Waals surface area contributed by atoms with Crippen LogP contribution in [0.15, 0.2) is 0 Å². The number of carboxylic acid groups (broad SMARTS) is 3. The molecule has 0 aliphatic carbocycles. The zero-order valence-electron chi connectivity index (χ0n) is 8.43. The summed E-state index contributed by atoms with van der Waals surface area (Å²) in [5.41, 5.74) is -2.74. The van der Waals surface area contributed by atoms with Gasteiger partial charge in [-0.15, -0.1) is 0 Å². The van der Waals surface area contributed by atoms with Crippen LogP contribution in [0.1, 0.15) is 12.8 Å². The molecule has 0 heterocycles. The molecule has 0 fully saturated rings. The Kier molecular flexibility index (Phi) is 12.9. The fourth-order valence-electron chi connectivity index (χ4n) is 0.714. The Labute approximate surface area is 150 Å². The van der Waals surface area contributed by atoms with E-state index in [0.29, 0.717) is 0 Å². The predicted molar refractivity (Wildman–Crippen MR) is 37.1 cm³/mol. The van der Waals surface area contributed by atoms with Gasteiger partial charge >= 0.3 is 98.8 Å². The van der Waals surface area contributed by atoms with Crippen molar-refractivity contribution in [3.05, 3.63) is 0 Å². The zero-order valence-corrected chi connectivity index (χ0v) is 13.6. The molecule has 7 nitrogen and oxygen atoms in total. The summed E-state index contributed by atoms with van der Waals surface area (Å²) in [5, 5.41) is 33.8. The summed E-state index contributed by atoms with van der Waals surface area (Å²) in [4.78, 5) is 30.5. The SMILES string of the molecule is O=C(O)CC(O)(CC(=O)O)C(=O)O.[K+].[Na+]. The second-order valence-corrected chi connectivity index (χ2v) is 2.48. The molecule has 9 heteroatoms. The zero-order chi connectivity index (χ0) is 10.6. The third-order valence-electron chi connectivity index (χ3n) is 1.29. The van der Waals surface area contributed by atoms with E-state index in [4.69, 9.17) is 20.4 Å². The van der Waals surface area contributed by atoms with Gasteiger partial charge in [-0.3, -0.25) is 9.59 Å². The molecule has 0 unspecified atom stereocenters. The van der Waals surface area contributed by atoms with Crippen LogP contribution in [0.2, 0.25) is 0 Å². The van der Waals surface area contributed by atoms with Gasteiger partial charge in [-0.05, 0) is 0 Å². The summed E-state index contributed by atoms with van der Waals surface area (Å²) >= 11 is 0. The Hall–Kier alpha value is 1.01. The van der Waals surface area contributed by atoms with Crippen LogP contribution in [-0.4, -0.2) is 43.9 Å². The van der Waals surface area contributed by atoms with E-state index in [0.717, 1.165) is 0 Å². The summed E-state index contributed by atoms with van der Waals surface area (Å²) < 4.78 is 0. The predicted octanol–water partition coefficient (Wildman–Crippen LogP) is -7.24. The minimum atomic E-state index is -2.74. The minimum absolute atomic E-state index is 0. The van der Waals surface area contributed by atoms with Crippen molar-refractivity contribution in [1.29, 1.82) is 0 Å². The molecule has 0 saturated carbocycles. The van der Waals surface area contributed by atoms with Crippen molar-refractivity contribution in [2.45, 2.75) is 18.4 Å². The molecule has 0 aromatic heterocycles. The summed E-state index contributed by atoms with van der Waals surface area (Å²) in [5.74, 6) is -5.02. The molecule has 0 aromatic rings. The fraction of sp³-hybridized carbons (Fsp3) is 0.500. The van der Waals surface area contributed by atoms with Gasteiger partial charge in [-0.1, -0.05) is 0 Å². The van der Waals surface area contributed by atoms with Crippen molar-refractivity contribution in [2.24, 2.45) is 0 Å². The Morgan fingerprint density at radius 2 is 1.20 bits per heavy atom. The number of aliphatic hydroxyl groups is 1. The van der Waals surface area contributed by atoms with E-state index in [1.165, 1.54) is 0 Å².